The van der Waals surface area contributed by atoms with Gasteiger partial charge in [-0.1, -0.05) is 164 Å². The summed E-state index contributed by atoms with van der Waals surface area (Å²) in [4.78, 5) is 15.5. The highest BCUT2D eigenvalue weighted by Crippen LogP contribution is 2.46. The number of allylic oxidation sites excluding steroid dienone is 1. The minimum Gasteiger partial charge on any atom is -0.455 e. The van der Waals surface area contributed by atoms with Crippen LogP contribution in [0.4, 0.5) is 0 Å². The summed E-state index contributed by atoms with van der Waals surface area (Å²) in [7, 11) is 0. The monoisotopic (exact) mass is 703 g/mol. The summed E-state index contributed by atoms with van der Waals surface area (Å²) in [5.74, 6) is 2.07. The van der Waals surface area contributed by atoms with E-state index < -0.39 is 0 Å². The molecule has 0 saturated carbocycles. The van der Waals surface area contributed by atoms with Gasteiger partial charge in [-0.05, 0) is 74.2 Å². The quantitative estimate of drug-likeness (QED) is 0.179. The van der Waals surface area contributed by atoms with Crippen molar-refractivity contribution in [2.24, 2.45) is 0 Å². The van der Waals surface area contributed by atoms with Crippen molar-refractivity contribution in [1.29, 1.82) is 0 Å². The second-order valence-electron chi connectivity index (χ2n) is 14.3. The molecule has 10 aromatic rings. The predicted molar refractivity (Wildman–Crippen MR) is 225 cm³/mol. The van der Waals surface area contributed by atoms with Gasteiger partial charge in [0.2, 0.25) is 0 Å². The molecule has 2 aromatic heterocycles. The maximum atomic E-state index is 6.75. The molecule has 1 aliphatic carbocycles. The molecule has 0 N–H and O–H groups in total. The van der Waals surface area contributed by atoms with Gasteiger partial charge >= 0.3 is 0 Å². The Morgan fingerprint density at radius 2 is 1.13 bits per heavy atom. The van der Waals surface area contributed by atoms with Crippen molar-refractivity contribution in [1.82, 2.24) is 15.0 Å². The Balaban J connectivity index is 1.08. The summed E-state index contributed by atoms with van der Waals surface area (Å²) in [6.45, 7) is 0. The maximum Gasteiger partial charge on any atom is 0.163 e. The number of fused-ring (bicyclic) bond motifs is 7. The molecular formula is C51H33N3O. The zero-order chi connectivity index (χ0) is 36.3. The Morgan fingerprint density at radius 3 is 1.96 bits per heavy atom. The van der Waals surface area contributed by atoms with Crippen LogP contribution in [0, 0.1) is 0 Å². The molecule has 1 aliphatic rings. The molecule has 2 heterocycles. The van der Waals surface area contributed by atoms with E-state index in [-0.39, 0.29) is 5.92 Å². The topological polar surface area (TPSA) is 51.8 Å². The van der Waals surface area contributed by atoms with E-state index in [0.29, 0.717) is 11.6 Å². The summed E-state index contributed by atoms with van der Waals surface area (Å²) >= 11 is 0. The second-order valence-corrected chi connectivity index (χ2v) is 14.3. The third-order valence-corrected chi connectivity index (χ3v) is 11.1. The van der Waals surface area contributed by atoms with Gasteiger partial charge in [0.05, 0.1) is 0 Å². The lowest BCUT2D eigenvalue weighted by molar-refractivity contribution is 0.672. The summed E-state index contributed by atoms with van der Waals surface area (Å²) in [5, 5.41) is 6.89. The van der Waals surface area contributed by atoms with Crippen LogP contribution in [0.15, 0.2) is 186 Å². The molecule has 0 fully saturated rings. The van der Waals surface area contributed by atoms with E-state index in [0.717, 1.165) is 61.6 Å². The molecule has 0 saturated heterocycles. The van der Waals surface area contributed by atoms with Crippen molar-refractivity contribution < 1.29 is 4.42 Å². The molecule has 0 radical (unpaired) electrons. The van der Waals surface area contributed by atoms with Gasteiger partial charge in [-0.2, -0.15) is 0 Å². The first-order chi connectivity index (χ1) is 27.3. The fraction of sp³-hybridized carbons (Fsp3) is 0.0392. The van der Waals surface area contributed by atoms with Crippen LogP contribution in [0.25, 0.3) is 83.0 Å². The molecular weight excluding hydrogens is 671 g/mol. The minimum atomic E-state index is -0.0569. The number of aromatic nitrogens is 3. The lowest BCUT2D eigenvalue weighted by atomic mass is 9.79. The smallest absolute Gasteiger partial charge is 0.163 e. The summed E-state index contributed by atoms with van der Waals surface area (Å²) < 4.78 is 6.75. The van der Waals surface area contributed by atoms with Crippen LogP contribution in [0.5, 0.6) is 0 Å². The first-order valence-corrected chi connectivity index (χ1v) is 18.8. The average Bonchev–Trinajstić information content (AvgIpc) is 3.65. The van der Waals surface area contributed by atoms with E-state index in [1.54, 1.807) is 0 Å². The van der Waals surface area contributed by atoms with Crippen molar-refractivity contribution in [3.63, 3.8) is 0 Å². The molecule has 0 bridgehead atoms. The zero-order valence-corrected chi connectivity index (χ0v) is 29.9. The molecule has 55 heavy (non-hydrogen) atoms. The van der Waals surface area contributed by atoms with Gasteiger partial charge in [-0.3, -0.25) is 0 Å². The van der Waals surface area contributed by atoms with Gasteiger partial charge in [0.25, 0.3) is 0 Å². The predicted octanol–water partition coefficient (Wildman–Crippen LogP) is 13.0. The third-order valence-electron chi connectivity index (χ3n) is 11.1. The molecule has 4 heteroatoms. The molecule has 1 atom stereocenters. The fourth-order valence-electron chi connectivity index (χ4n) is 8.47. The average molecular weight is 704 g/mol. The highest BCUT2D eigenvalue weighted by Gasteiger charge is 2.29. The molecule has 258 valence electrons. The van der Waals surface area contributed by atoms with E-state index in [4.69, 9.17) is 19.4 Å². The molecule has 8 aromatic carbocycles. The van der Waals surface area contributed by atoms with Gasteiger partial charge in [0.1, 0.15) is 17.0 Å². The standard InChI is InChI=1S/C51H33N3O/c1-3-15-33(16-4-1)44-31-45-47-41(24-13-25-46(47)55-48(45)42-23-12-11-22-39(42)44)40-28-29-43(38-21-10-9-20-37(38)40)51-53-49(34-17-5-2-6-18-34)52-50(54-51)36-27-26-32-14-7-8-19-35(32)30-36/h1-28,30-31,43H,29H2. The first kappa shape index (κ1) is 31.4. The SMILES string of the molecule is C1=C(c2cccc3oc4c5ccccc5c(-c5ccccc5)cc4c23)c2ccccc2C(c2nc(-c3ccccc3)nc(-c3ccc4ccccc4c3)n2)C1. The van der Waals surface area contributed by atoms with E-state index in [1.807, 2.05) is 18.2 Å². The van der Waals surface area contributed by atoms with Crippen LogP contribution < -0.4 is 0 Å². The first-order valence-electron chi connectivity index (χ1n) is 18.8. The van der Waals surface area contributed by atoms with Gasteiger partial charge < -0.3 is 4.42 Å². The van der Waals surface area contributed by atoms with Crippen LogP contribution in [0.2, 0.25) is 0 Å². The fourth-order valence-corrected chi connectivity index (χ4v) is 8.47. The van der Waals surface area contributed by atoms with E-state index >= 15 is 0 Å². The molecule has 0 amide bonds. The number of benzene rings is 8. The van der Waals surface area contributed by atoms with Crippen LogP contribution in [-0.4, -0.2) is 15.0 Å². The minimum absolute atomic E-state index is 0.0569. The van der Waals surface area contributed by atoms with Crippen molar-refractivity contribution in [3.05, 3.63) is 205 Å². The van der Waals surface area contributed by atoms with Crippen molar-refractivity contribution in [2.45, 2.75) is 12.3 Å². The number of nitrogens with zero attached hydrogens (tertiary/aromatic N) is 3. The zero-order valence-electron chi connectivity index (χ0n) is 29.9. The molecule has 1 unspecified atom stereocenters. The third kappa shape index (κ3) is 5.25. The number of hydrogen-bond donors (Lipinski definition) is 0. The number of rotatable bonds is 5. The molecule has 4 nitrogen and oxygen atoms in total. The Morgan fingerprint density at radius 1 is 0.455 bits per heavy atom. The van der Waals surface area contributed by atoms with Crippen LogP contribution in [0.3, 0.4) is 0 Å². The summed E-state index contributed by atoms with van der Waals surface area (Å²) in [5.41, 5.74) is 10.9. The second kappa shape index (κ2) is 12.8. The largest absolute Gasteiger partial charge is 0.455 e. The maximum absolute atomic E-state index is 6.75. The van der Waals surface area contributed by atoms with Gasteiger partial charge in [-0.15, -0.1) is 0 Å². The lowest BCUT2D eigenvalue weighted by Crippen LogP contribution is -2.14. The van der Waals surface area contributed by atoms with Crippen LogP contribution >= 0.6 is 0 Å². The van der Waals surface area contributed by atoms with E-state index in [2.05, 4.69) is 164 Å². The van der Waals surface area contributed by atoms with E-state index in [1.165, 1.54) is 38.6 Å². The molecule has 0 spiro atoms. The highest BCUT2D eigenvalue weighted by molar-refractivity contribution is 6.21. The van der Waals surface area contributed by atoms with Crippen LogP contribution in [0.1, 0.15) is 34.9 Å². The molecule has 0 aliphatic heterocycles. The summed E-state index contributed by atoms with van der Waals surface area (Å²) in [6, 6.07) is 61.8. The highest BCUT2D eigenvalue weighted by atomic mass is 16.3. The molecule has 11 rings (SSSR count). The Kier molecular flexibility index (Phi) is 7.27. The summed E-state index contributed by atoms with van der Waals surface area (Å²) in [6.07, 6.45) is 3.12. The number of hydrogen-bond acceptors (Lipinski definition) is 4. The van der Waals surface area contributed by atoms with Crippen LogP contribution in [-0.2, 0) is 0 Å². The van der Waals surface area contributed by atoms with Crippen molar-refractivity contribution in [2.75, 3.05) is 0 Å². The number of furan rings is 1. The Bertz CT molecular complexity index is 3130. The van der Waals surface area contributed by atoms with Gasteiger partial charge in [0.15, 0.2) is 11.6 Å². The van der Waals surface area contributed by atoms with Gasteiger partial charge in [0, 0.05) is 33.2 Å². The van der Waals surface area contributed by atoms with E-state index in [9.17, 15) is 0 Å². The lowest BCUT2D eigenvalue weighted by Gasteiger charge is -2.26. The Labute approximate surface area is 318 Å². The van der Waals surface area contributed by atoms with Crippen molar-refractivity contribution in [3.8, 4) is 33.9 Å². The van der Waals surface area contributed by atoms with Crippen molar-refractivity contribution >= 4 is 49.1 Å². The Hall–Kier alpha value is -7.17. The van der Waals surface area contributed by atoms with Gasteiger partial charge in [-0.25, -0.2) is 15.0 Å². The normalized spacial score (nSPS) is 14.0.